The summed E-state index contributed by atoms with van der Waals surface area (Å²) in [5.41, 5.74) is 0.0562. The number of nitrogens with one attached hydrogen (secondary N) is 1. The first-order valence-corrected chi connectivity index (χ1v) is 8.72. The SMILES string of the molecule is CSc1nc(-c2cccc(OCn3cc([N+](=O)[O-])cn3)c2)c(C#N)c(=O)[nH]1. The Morgan fingerprint density at radius 1 is 1.48 bits per heavy atom. The lowest BCUT2D eigenvalue weighted by molar-refractivity contribution is -0.385. The van der Waals surface area contributed by atoms with Crippen LogP contribution in [-0.4, -0.2) is 30.9 Å². The zero-order chi connectivity index (χ0) is 19.4. The molecule has 0 spiro atoms. The van der Waals surface area contributed by atoms with E-state index in [-0.39, 0.29) is 23.7 Å². The van der Waals surface area contributed by atoms with Crippen LogP contribution >= 0.6 is 11.8 Å². The Labute approximate surface area is 156 Å². The maximum atomic E-state index is 12.0. The van der Waals surface area contributed by atoms with Gasteiger partial charge >= 0.3 is 5.69 Å². The van der Waals surface area contributed by atoms with E-state index in [1.165, 1.54) is 22.6 Å². The normalized spacial score (nSPS) is 10.4. The van der Waals surface area contributed by atoms with Crippen LogP contribution in [0.1, 0.15) is 5.56 Å². The Balaban J connectivity index is 1.87. The van der Waals surface area contributed by atoms with Gasteiger partial charge in [-0.05, 0) is 18.4 Å². The number of aromatic amines is 1. The molecule has 2 heterocycles. The topological polar surface area (TPSA) is 140 Å². The van der Waals surface area contributed by atoms with Gasteiger partial charge in [0, 0.05) is 5.56 Å². The van der Waals surface area contributed by atoms with Crippen LogP contribution in [0.4, 0.5) is 5.69 Å². The molecule has 0 aliphatic rings. The summed E-state index contributed by atoms with van der Waals surface area (Å²) in [6.07, 6.45) is 4.14. The highest BCUT2D eigenvalue weighted by atomic mass is 32.2. The van der Waals surface area contributed by atoms with Crippen molar-refractivity contribution in [2.45, 2.75) is 11.9 Å². The summed E-state index contributed by atoms with van der Waals surface area (Å²) in [6, 6.07) is 8.58. The number of nitriles is 1. The molecular weight excluding hydrogens is 372 g/mol. The van der Waals surface area contributed by atoms with E-state index in [1.807, 2.05) is 6.07 Å². The summed E-state index contributed by atoms with van der Waals surface area (Å²) in [5, 5.41) is 24.2. The Morgan fingerprint density at radius 3 is 2.96 bits per heavy atom. The molecule has 0 radical (unpaired) electrons. The Kier molecular flexibility index (Phi) is 5.18. The summed E-state index contributed by atoms with van der Waals surface area (Å²) in [5.74, 6) is 0.433. The van der Waals surface area contributed by atoms with E-state index in [0.717, 1.165) is 6.20 Å². The first-order chi connectivity index (χ1) is 13.0. The van der Waals surface area contributed by atoms with Crippen LogP contribution in [0.25, 0.3) is 11.3 Å². The van der Waals surface area contributed by atoms with Gasteiger partial charge < -0.3 is 9.72 Å². The Morgan fingerprint density at radius 2 is 2.30 bits per heavy atom. The van der Waals surface area contributed by atoms with Gasteiger partial charge in [-0.15, -0.1) is 0 Å². The lowest BCUT2D eigenvalue weighted by Crippen LogP contribution is -2.14. The molecule has 0 aliphatic heterocycles. The summed E-state index contributed by atoms with van der Waals surface area (Å²) >= 11 is 1.25. The predicted molar refractivity (Wildman–Crippen MR) is 96.3 cm³/mol. The van der Waals surface area contributed by atoms with E-state index < -0.39 is 10.5 Å². The number of H-pyrrole nitrogens is 1. The molecule has 0 bridgehead atoms. The molecule has 11 heteroatoms. The van der Waals surface area contributed by atoms with E-state index in [0.29, 0.717) is 16.5 Å². The van der Waals surface area contributed by atoms with Crippen molar-refractivity contribution in [3.63, 3.8) is 0 Å². The third kappa shape index (κ3) is 3.96. The predicted octanol–water partition coefficient (Wildman–Crippen LogP) is 2.17. The third-order valence-corrected chi connectivity index (χ3v) is 4.08. The summed E-state index contributed by atoms with van der Waals surface area (Å²) in [7, 11) is 0. The van der Waals surface area contributed by atoms with Crippen LogP contribution in [0.2, 0.25) is 0 Å². The Bertz CT molecular complexity index is 1100. The van der Waals surface area contributed by atoms with E-state index in [4.69, 9.17) is 4.74 Å². The van der Waals surface area contributed by atoms with Gasteiger partial charge in [0.25, 0.3) is 5.56 Å². The molecule has 0 fully saturated rings. The highest BCUT2D eigenvalue weighted by Gasteiger charge is 2.14. The second-order valence-electron chi connectivity index (χ2n) is 5.21. The minimum atomic E-state index is -0.546. The van der Waals surface area contributed by atoms with Gasteiger partial charge in [-0.1, -0.05) is 23.9 Å². The van der Waals surface area contributed by atoms with Crippen LogP contribution in [-0.2, 0) is 6.73 Å². The molecule has 10 nitrogen and oxygen atoms in total. The molecule has 1 N–H and O–H groups in total. The van der Waals surface area contributed by atoms with E-state index in [2.05, 4.69) is 15.1 Å². The van der Waals surface area contributed by atoms with Crippen LogP contribution < -0.4 is 10.3 Å². The molecular formula is C16H12N6O4S. The average molecular weight is 384 g/mol. The van der Waals surface area contributed by atoms with Crippen molar-refractivity contribution in [3.8, 4) is 23.1 Å². The molecule has 27 heavy (non-hydrogen) atoms. The zero-order valence-electron chi connectivity index (χ0n) is 13.9. The number of rotatable bonds is 6. The van der Waals surface area contributed by atoms with Gasteiger partial charge in [-0.25, -0.2) is 9.67 Å². The van der Waals surface area contributed by atoms with E-state index in [9.17, 15) is 20.2 Å². The molecule has 0 saturated carbocycles. The fourth-order valence-electron chi connectivity index (χ4n) is 2.25. The standard InChI is InChI=1S/C16H12N6O4S/c1-27-16-19-14(13(6-17)15(23)20-16)10-3-2-4-12(5-10)26-9-21-8-11(7-18-21)22(24)25/h2-5,7-8H,9H2,1H3,(H,19,20,23). The molecule has 2 aromatic heterocycles. The van der Waals surface area contributed by atoms with E-state index in [1.54, 1.807) is 30.5 Å². The molecule has 0 atom stereocenters. The van der Waals surface area contributed by atoms with Gasteiger partial charge in [-0.3, -0.25) is 14.9 Å². The van der Waals surface area contributed by atoms with Gasteiger partial charge in [0.2, 0.25) is 0 Å². The van der Waals surface area contributed by atoms with Crippen LogP contribution in [0.5, 0.6) is 5.75 Å². The maximum Gasteiger partial charge on any atom is 0.307 e. The van der Waals surface area contributed by atoms with E-state index >= 15 is 0 Å². The van der Waals surface area contributed by atoms with Crippen molar-refractivity contribution < 1.29 is 9.66 Å². The number of thioether (sulfide) groups is 1. The number of nitrogens with zero attached hydrogens (tertiary/aromatic N) is 5. The fourth-order valence-corrected chi connectivity index (χ4v) is 2.63. The second kappa shape index (κ2) is 7.71. The molecule has 136 valence electrons. The molecule has 3 aromatic rings. The van der Waals surface area contributed by atoms with Gasteiger partial charge in [-0.2, -0.15) is 10.4 Å². The maximum absolute atomic E-state index is 12.0. The first kappa shape index (κ1) is 18.2. The van der Waals surface area contributed by atoms with Crippen LogP contribution in [0.3, 0.4) is 0 Å². The van der Waals surface area contributed by atoms with Gasteiger partial charge in [0.15, 0.2) is 11.9 Å². The molecule has 0 aliphatic carbocycles. The average Bonchev–Trinajstić information content (AvgIpc) is 3.15. The van der Waals surface area contributed by atoms with Crippen LogP contribution in [0.15, 0.2) is 46.6 Å². The Hall–Kier alpha value is -3.65. The van der Waals surface area contributed by atoms with Crippen molar-refractivity contribution in [2.75, 3.05) is 6.26 Å². The minimum Gasteiger partial charge on any atom is -0.471 e. The lowest BCUT2D eigenvalue weighted by Gasteiger charge is -2.09. The highest BCUT2D eigenvalue weighted by molar-refractivity contribution is 7.98. The second-order valence-corrected chi connectivity index (χ2v) is 6.00. The number of nitro groups is 1. The van der Waals surface area contributed by atoms with Crippen molar-refractivity contribution in [1.82, 2.24) is 19.7 Å². The van der Waals surface area contributed by atoms with Gasteiger partial charge in [0.05, 0.1) is 10.6 Å². The fraction of sp³-hybridized carbons (Fsp3) is 0.125. The number of aromatic nitrogens is 4. The summed E-state index contributed by atoms with van der Waals surface area (Å²) in [6.45, 7) is -0.0404. The summed E-state index contributed by atoms with van der Waals surface area (Å²) < 4.78 is 6.86. The molecule has 3 rings (SSSR count). The molecule has 0 unspecified atom stereocenters. The molecule has 0 amide bonds. The highest BCUT2D eigenvalue weighted by Crippen LogP contribution is 2.25. The monoisotopic (exact) mass is 384 g/mol. The van der Waals surface area contributed by atoms with Crippen molar-refractivity contribution in [1.29, 1.82) is 5.26 Å². The number of hydrogen-bond acceptors (Lipinski definition) is 8. The van der Waals surface area contributed by atoms with Crippen molar-refractivity contribution >= 4 is 17.4 Å². The smallest absolute Gasteiger partial charge is 0.307 e. The number of benzene rings is 1. The third-order valence-electron chi connectivity index (χ3n) is 3.50. The van der Waals surface area contributed by atoms with Crippen LogP contribution in [0, 0.1) is 21.4 Å². The first-order valence-electron chi connectivity index (χ1n) is 7.50. The van der Waals surface area contributed by atoms with Crippen molar-refractivity contribution in [2.24, 2.45) is 0 Å². The molecule has 0 saturated heterocycles. The lowest BCUT2D eigenvalue weighted by atomic mass is 10.1. The molecule has 1 aromatic carbocycles. The number of hydrogen-bond donors (Lipinski definition) is 1. The quantitative estimate of drug-likeness (QED) is 0.295. The summed E-state index contributed by atoms with van der Waals surface area (Å²) in [4.78, 5) is 29.0. The zero-order valence-corrected chi connectivity index (χ0v) is 14.8. The van der Waals surface area contributed by atoms with Gasteiger partial charge in [0.1, 0.15) is 29.8 Å². The van der Waals surface area contributed by atoms with Crippen molar-refractivity contribution in [3.05, 3.63) is 62.7 Å². The number of ether oxygens (including phenoxy) is 1. The largest absolute Gasteiger partial charge is 0.471 e. The minimum absolute atomic E-state index is 0.0404.